The molecule has 1 N–H and O–H groups in total. The molecule has 2 aliphatic rings. The van der Waals surface area contributed by atoms with Gasteiger partial charge in [0.05, 0.1) is 24.4 Å². The molecule has 0 saturated carbocycles. The van der Waals surface area contributed by atoms with E-state index in [-0.39, 0.29) is 0 Å². The molecule has 7 nitrogen and oxygen atoms in total. The van der Waals surface area contributed by atoms with Crippen molar-refractivity contribution in [2.75, 3.05) is 43.1 Å². The second kappa shape index (κ2) is 9.37. The molecule has 0 bridgehead atoms. The lowest BCUT2D eigenvalue weighted by molar-refractivity contribution is 0.122. The third-order valence-corrected chi connectivity index (χ3v) is 6.54. The summed E-state index contributed by atoms with van der Waals surface area (Å²) in [6.07, 6.45) is 2.73. The lowest BCUT2D eigenvalue weighted by atomic mass is 10.0. The molecular weight excluding hydrogens is 424 g/mol. The van der Waals surface area contributed by atoms with Crippen LogP contribution in [0.15, 0.2) is 66.9 Å². The fourth-order valence-electron chi connectivity index (χ4n) is 4.80. The van der Waals surface area contributed by atoms with Crippen LogP contribution in [0.1, 0.15) is 16.8 Å². The summed E-state index contributed by atoms with van der Waals surface area (Å²) < 4.78 is 5.62. The van der Waals surface area contributed by atoms with E-state index in [1.807, 2.05) is 24.4 Å². The van der Waals surface area contributed by atoms with Crippen molar-refractivity contribution < 1.29 is 4.74 Å². The van der Waals surface area contributed by atoms with Crippen molar-refractivity contribution in [1.82, 2.24) is 19.9 Å². The Balaban J connectivity index is 1.31. The molecule has 0 amide bonds. The highest BCUT2D eigenvalue weighted by Gasteiger charge is 2.26. The van der Waals surface area contributed by atoms with Gasteiger partial charge in [-0.3, -0.25) is 9.88 Å². The summed E-state index contributed by atoms with van der Waals surface area (Å²) in [6, 6.07) is 20.9. The predicted molar refractivity (Wildman–Crippen MR) is 134 cm³/mol. The number of morpholine rings is 1. The minimum absolute atomic E-state index is 0.653. The van der Waals surface area contributed by atoms with E-state index in [9.17, 15) is 0 Å². The standard InChI is InChI=1S/C27H28N6O/c1-2-5-20(6-3-1)18-32-12-10-25-23(19-32)26(33-13-15-34-16-14-33)31-27(30-25)29-22-8-9-24-21(17-22)7-4-11-28-24/h1-9,11,17H,10,12-16,18-19H2,(H,29,30,31). The van der Waals surface area contributed by atoms with Crippen molar-refractivity contribution in [1.29, 1.82) is 0 Å². The summed E-state index contributed by atoms with van der Waals surface area (Å²) in [5.41, 5.74) is 5.67. The molecule has 0 spiro atoms. The lowest BCUT2D eigenvalue weighted by Gasteiger charge is -2.34. The fraction of sp³-hybridized carbons (Fsp3) is 0.296. The van der Waals surface area contributed by atoms with Crippen LogP contribution in [-0.4, -0.2) is 52.7 Å². The first-order chi connectivity index (χ1) is 16.8. The van der Waals surface area contributed by atoms with E-state index in [2.05, 4.69) is 62.6 Å². The van der Waals surface area contributed by atoms with Crippen LogP contribution in [0.3, 0.4) is 0 Å². The predicted octanol–water partition coefficient (Wildman–Crippen LogP) is 4.16. The highest BCUT2D eigenvalue weighted by molar-refractivity contribution is 5.82. The summed E-state index contributed by atoms with van der Waals surface area (Å²) in [5, 5.41) is 4.55. The van der Waals surface area contributed by atoms with Crippen LogP contribution in [0.5, 0.6) is 0 Å². The molecule has 1 saturated heterocycles. The molecule has 4 heterocycles. The van der Waals surface area contributed by atoms with Crippen molar-refractivity contribution in [3.8, 4) is 0 Å². The molecule has 0 unspecified atom stereocenters. The highest BCUT2D eigenvalue weighted by Crippen LogP contribution is 2.30. The number of nitrogens with zero attached hydrogens (tertiary/aromatic N) is 5. The number of rotatable bonds is 5. The van der Waals surface area contributed by atoms with Gasteiger partial charge in [-0.25, -0.2) is 4.98 Å². The number of hydrogen-bond acceptors (Lipinski definition) is 7. The van der Waals surface area contributed by atoms with Gasteiger partial charge in [0.15, 0.2) is 0 Å². The first-order valence-electron chi connectivity index (χ1n) is 11.9. The molecule has 7 heteroatoms. The summed E-state index contributed by atoms with van der Waals surface area (Å²) in [4.78, 5) is 19.3. The zero-order valence-corrected chi connectivity index (χ0v) is 19.2. The molecule has 0 radical (unpaired) electrons. The minimum Gasteiger partial charge on any atom is -0.378 e. The van der Waals surface area contributed by atoms with E-state index >= 15 is 0 Å². The van der Waals surface area contributed by atoms with Crippen LogP contribution in [0.2, 0.25) is 0 Å². The van der Waals surface area contributed by atoms with Crippen molar-refractivity contribution >= 4 is 28.4 Å². The Hall–Kier alpha value is -3.55. The maximum absolute atomic E-state index is 5.62. The third-order valence-electron chi connectivity index (χ3n) is 6.54. The number of nitrogens with one attached hydrogen (secondary N) is 1. The Kier molecular flexibility index (Phi) is 5.79. The second-order valence-corrected chi connectivity index (χ2v) is 8.88. The van der Waals surface area contributed by atoms with Crippen LogP contribution < -0.4 is 10.2 Å². The Labute approximate surface area is 199 Å². The maximum atomic E-state index is 5.62. The van der Waals surface area contributed by atoms with E-state index in [4.69, 9.17) is 14.7 Å². The highest BCUT2D eigenvalue weighted by atomic mass is 16.5. The molecule has 2 aromatic carbocycles. The molecule has 172 valence electrons. The van der Waals surface area contributed by atoms with Crippen molar-refractivity contribution in [3.63, 3.8) is 0 Å². The van der Waals surface area contributed by atoms with E-state index < -0.39 is 0 Å². The number of benzene rings is 2. The number of anilines is 3. The molecule has 0 atom stereocenters. The molecule has 1 fully saturated rings. The van der Waals surface area contributed by atoms with Gasteiger partial charge in [-0.05, 0) is 29.8 Å². The second-order valence-electron chi connectivity index (χ2n) is 8.88. The minimum atomic E-state index is 0.653. The van der Waals surface area contributed by atoms with E-state index in [0.29, 0.717) is 5.95 Å². The van der Waals surface area contributed by atoms with Gasteiger partial charge in [0.1, 0.15) is 5.82 Å². The van der Waals surface area contributed by atoms with Crippen molar-refractivity contribution in [3.05, 3.63) is 83.7 Å². The number of fused-ring (bicyclic) bond motifs is 2. The van der Waals surface area contributed by atoms with Crippen molar-refractivity contribution in [2.24, 2.45) is 0 Å². The Bertz CT molecular complexity index is 1290. The van der Waals surface area contributed by atoms with Gasteiger partial charge in [-0.15, -0.1) is 0 Å². The first-order valence-corrected chi connectivity index (χ1v) is 11.9. The van der Waals surface area contributed by atoms with Crippen molar-refractivity contribution in [2.45, 2.75) is 19.5 Å². The molecule has 4 aromatic rings. The van der Waals surface area contributed by atoms with E-state index in [0.717, 1.165) is 80.5 Å². The summed E-state index contributed by atoms with van der Waals surface area (Å²) in [5.74, 6) is 1.69. The fourth-order valence-corrected chi connectivity index (χ4v) is 4.80. The van der Waals surface area contributed by atoms with Gasteiger partial charge >= 0.3 is 0 Å². The molecular formula is C27H28N6O. The van der Waals surface area contributed by atoms with Crippen LogP contribution in [0.4, 0.5) is 17.5 Å². The van der Waals surface area contributed by atoms with Gasteiger partial charge in [0.2, 0.25) is 5.95 Å². The van der Waals surface area contributed by atoms with Crippen LogP contribution >= 0.6 is 0 Å². The first kappa shape index (κ1) is 21.0. The van der Waals surface area contributed by atoms with Gasteiger partial charge in [0, 0.05) is 62.0 Å². The molecule has 0 aliphatic carbocycles. The molecule has 2 aliphatic heterocycles. The van der Waals surface area contributed by atoms with Gasteiger partial charge in [-0.2, -0.15) is 4.98 Å². The quantitative estimate of drug-likeness (QED) is 0.488. The molecule has 2 aromatic heterocycles. The average molecular weight is 453 g/mol. The average Bonchev–Trinajstić information content (AvgIpc) is 2.89. The number of ether oxygens (including phenoxy) is 1. The van der Waals surface area contributed by atoms with Crippen LogP contribution in [-0.2, 0) is 24.2 Å². The van der Waals surface area contributed by atoms with Crippen LogP contribution in [0.25, 0.3) is 10.9 Å². The SMILES string of the molecule is c1ccc(CN2CCc3nc(Nc4ccc5ncccc5c4)nc(N4CCOCC4)c3C2)cc1. The Morgan fingerprint density at radius 2 is 1.79 bits per heavy atom. The summed E-state index contributed by atoms with van der Waals surface area (Å²) >= 11 is 0. The number of aromatic nitrogens is 3. The van der Waals surface area contributed by atoms with Crippen LogP contribution in [0, 0.1) is 0 Å². The van der Waals surface area contributed by atoms with Gasteiger partial charge in [-0.1, -0.05) is 36.4 Å². The maximum Gasteiger partial charge on any atom is 0.229 e. The molecule has 34 heavy (non-hydrogen) atoms. The number of hydrogen-bond donors (Lipinski definition) is 1. The topological polar surface area (TPSA) is 66.4 Å². The number of pyridine rings is 1. The summed E-state index contributed by atoms with van der Waals surface area (Å²) in [7, 11) is 0. The Morgan fingerprint density at radius 1 is 0.912 bits per heavy atom. The smallest absolute Gasteiger partial charge is 0.229 e. The largest absolute Gasteiger partial charge is 0.378 e. The van der Waals surface area contributed by atoms with Gasteiger partial charge < -0.3 is 15.0 Å². The van der Waals surface area contributed by atoms with E-state index in [1.54, 1.807) is 0 Å². The zero-order chi connectivity index (χ0) is 22.7. The zero-order valence-electron chi connectivity index (χ0n) is 19.2. The third kappa shape index (κ3) is 4.44. The van der Waals surface area contributed by atoms with E-state index in [1.165, 1.54) is 11.1 Å². The lowest BCUT2D eigenvalue weighted by Crippen LogP contribution is -2.39. The normalized spacial score (nSPS) is 16.4. The monoisotopic (exact) mass is 452 g/mol. The summed E-state index contributed by atoms with van der Waals surface area (Å²) in [6.45, 7) is 5.95. The Morgan fingerprint density at radius 3 is 2.68 bits per heavy atom. The van der Waals surface area contributed by atoms with Gasteiger partial charge in [0.25, 0.3) is 0 Å². The molecule has 6 rings (SSSR count).